The second-order valence-electron chi connectivity index (χ2n) is 4.68. The molecule has 0 aliphatic heterocycles. The molecule has 22 heavy (non-hydrogen) atoms. The molecule has 3 rings (SSSR count). The van der Waals surface area contributed by atoms with E-state index < -0.39 is 17.7 Å². The van der Waals surface area contributed by atoms with Crippen LogP contribution in [0.1, 0.15) is 5.56 Å². The summed E-state index contributed by atoms with van der Waals surface area (Å²) < 4.78 is 26.9. The highest BCUT2D eigenvalue weighted by molar-refractivity contribution is 5.92. The highest BCUT2D eigenvalue weighted by atomic mass is 19.1. The van der Waals surface area contributed by atoms with E-state index in [4.69, 9.17) is 0 Å². The van der Waals surface area contributed by atoms with Gasteiger partial charge in [0.15, 0.2) is 0 Å². The standard InChI is InChI=1S/C15H12F2N4O/c16-12-2-1-3-13(17)11(12)8-18-15(22)20-10-4-5-14-9(6-10)7-19-21-14/h1-7H,8H2,(H,19,21)(H2,18,20,22). The number of benzene rings is 2. The monoisotopic (exact) mass is 302 g/mol. The van der Waals surface area contributed by atoms with E-state index in [1.54, 1.807) is 24.4 Å². The van der Waals surface area contributed by atoms with Crippen molar-refractivity contribution in [1.82, 2.24) is 15.5 Å². The van der Waals surface area contributed by atoms with E-state index in [0.717, 1.165) is 23.0 Å². The summed E-state index contributed by atoms with van der Waals surface area (Å²) in [6.07, 6.45) is 1.63. The topological polar surface area (TPSA) is 69.8 Å². The second kappa shape index (κ2) is 5.80. The lowest BCUT2D eigenvalue weighted by molar-refractivity contribution is 0.251. The molecule has 0 fully saturated rings. The predicted molar refractivity (Wildman–Crippen MR) is 78.3 cm³/mol. The molecule has 7 heteroatoms. The summed E-state index contributed by atoms with van der Waals surface area (Å²) in [5.41, 5.74) is 1.22. The number of nitrogens with one attached hydrogen (secondary N) is 3. The highest BCUT2D eigenvalue weighted by Gasteiger charge is 2.10. The van der Waals surface area contributed by atoms with Crippen molar-refractivity contribution in [3.05, 3.63) is 59.8 Å². The van der Waals surface area contributed by atoms with Crippen molar-refractivity contribution in [1.29, 1.82) is 0 Å². The number of H-pyrrole nitrogens is 1. The number of urea groups is 1. The van der Waals surface area contributed by atoms with Gasteiger partial charge < -0.3 is 10.6 Å². The van der Waals surface area contributed by atoms with E-state index in [2.05, 4.69) is 20.8 Å². The number of carbonyl (C=O) groups is 1. The zero-order valence-electron chi connectivity index (χ0n) is 11.4. The van der Waals surface area contributed by atoms with E-state index >= 15 is 0 Å². The van der Waals surface area contributed by atoms with Gasteiger partial charge in [-0.15, -0.1) is 0 Å². The Morgan fingerprint density at radius 1 is 1.18 bits per heavy atom. The Labute approximate surface area is 124 Å². The summed E-state index contributed by atoms with van der Waals surface area (Å²) in [4.78, 5) is 11.8. The summed E-state index contributed by atoms with van der Waals surface area (Å²) in [6.45, 7) is -0.238. The number of fused-ring (bicyclic) bond motifs is 1. The minimum Gasteiger partial charge on any atom is -0.334 e. The normalized spacial score (nSPS) is 10.6. The Hall–Kier alpha value is -2.96. The molecular weight excluding hydrogens is 290 g/mol. The summed E-state index contributed by atoms with van der Waals surface area (Å²) >= 11 is 0. The van der Waals surface area contributed by atoms with Crippen molar-refractivity contribution < 1.29 is 13.6 Å². The third kappa shape index (κ3) is 2.88. The fourth-order valence-electron chi connectivity index (χ4n) is 2.07. The van der Waals surface area contributed by atoms with Crippen LogP contribution in [-0.4, -0.2) is 16.2 Å². The molecular formula is C15H12F2N4O. The van der Waals surface area contributed by atoms with E-state index in [0.29, 0.717) is 5.69 Å². The van der Waals surface area contributed by atoms with E-state index in [-0.39, 0.29) is 12.1 Å². The molecule has 0 bridgehead atoms. The van der Waals surface area contributed by atoms with E-state index in [1.165, 1.54) is 6.07 Å². The van der Waals surface area contributed by atoms with Crippen LogP contribution in [0.3, 0.4) is 0 Å². The SMILES string of the molecule is O=C(NCc1c(F)cccc1F)Nc1ccc2[nH]ncc2c1. The van der Waals surface area contributed by atoms with Gasteiger partial charge in [0.2, 0.25) is 0 Å². The molecule has 0 unspecified atom stereocenters. The average molecular weight is 302 g/mol. The van der Waals surface area contributed by atoms with Gasteiger partial charge in [0.25, 0.3) is 0 Å². The number of amides is 2. The lowest BCUT2D eigenvalue weighted by atomic mass is 10.2. The number of halogens is 2. The highest BCUT2D eigenvalue weighted by Crippen LogP contribution is 2.16. The third-order valence-electron chi connectivity index (χ3n) is 3.19. The summed E-state index contributed by atoms with van der Waals surface area (Å²) in [5, 5.41) is 12.5. The van der Waals surface area contributed by atoms with Crippen LogP contribution < -0.4 is 10.6 Å². The Morgan fingerprint density at radius 2 is 1.95 bits per heavy atom. The zero-order valence-corrected chi connectivity index (χ0v) is 11.4. The van der Waals surface area contributed by atoms with Gasteiger partial charge in [-0.1, -0.05) is 6.07 Å². The molecule has 3 aromatic rings. The number of anilines is 1. The smallest absolute Gasteiger partial charge is 0.319 e. The molecule has 2 aromatic carbocycles. The molecule has 1 aromatic heterocycles. The molecule has 0 saturated carbocycles. The van der Waals surface area contributed by atoms with Crippen LogP contribution in [0.25, 0.3) is 10.9 Å². The summed E-state index contributed by atoms with van der Waals surface area (Å²) in [5.74, 6) is -1.39. The van der Waals surface area contributed by atoms with E-state index in [9.17, 15) is 13.6 Å². The number of rotatable bonds is 3. The van der Waals surface area contributed by atoms with Gasteiger partial charge in [-0.05, 0) is 30.3 Å². The molecule has 5 nitrogen and oxygen atoms in total. The number of nitrogens with zero attached hydrogens (tertiary/aromatic N) is 1. The number of hydrogen-bond acceptors (Lipinski definition) is 2. The van der Waals surface area contributed by atoms with Crippen molar-refractivity contribution >= 4 is 22.6 Å². The predicted octanol–water partition coefficient (Wildman–Crippen LogP) is 3.16. The second-order valence-corrected chi connectivity index (χ2v) is 4.68. The number of aromatic amines is 1. The molecule has 3 N–H and O–H groups in total. The fourth-order valence-corrected chi connectivity index (χ4v) is 2.07. The molecule has 0 atom stereocenters. The van der Waals surface area contributed by atoms with Crippen molar-refractivity contribution in [2.75, 3.05) is 5.32 Å². The third-order valence-corrected chi connectivity index (χ3v) is 3.19. The average Bonchev–Trinajstić information content (AvgIpc) is 2.94. The lowest BCUT2D eigenvalue weighted by Crippen LogP contribution is -2.28. The maximum absolute atomic E-state index is 13.4. The first kappa shape index (κ1) is 14.0. The van der Waals surface area contributed by atoms with Crippen LogP contribution in [0.4, 0.5) is 19.3 Å². The van der Waals surface area contributed by atoms with Crippen molar-refractivity contribution in [3.8, 4) is 0 Å². The minimum absolute atomic E-state index is 0.178. The minimum atomic E-state index is -0.694. The first-order chi connectivity index (χ1) is 10.6. The molecule has 112 valence electrons. The fraction of sp³-hybridized carbons (Fsp3) is 0.0667. The molecule has 0 saturated heterocycles. The van der Waals surface area contributed by atoms with Crippen molar-refractivity contribution in [2.45, 2.75) is 6.54 Å². The van der Waals surface area contributed by atoms with Crippen LogP contribution in [0.15, 0.2) is 42.6 Å². The zero-order chi connectivity index (χ0) is 15.5. The van der Waals surface area contributed by atoms with Gasteiger partial charge in [0.05, 0.1) is 18.3 Å². The first-order valence-corrected chi connectivity index (χ1v) is 6.54. The van der Waals surface area contributed by atoms with Crippen molar-refractivity contribution in [2.24, 2.45) is 0 Å². The Bertz CT molecular complexity index is 811. The van der Waals surface area contributed by atoms with Gasteiger partial charge >= 0.3 is 6.03 Å². The number of carbonyl (C=O) groups excluding carboxylic acids is 1. The molecule has 0 aliphatic carbocycles. The number of aromatic nitrogens is 2. The maximum atomic E-state index is 13.4. The Kier molecular flexibility index (Phi) is 3.69. The lowest BCUT2D eigenvalue weighted by Gasteiger charge is -2.09. The molecule has 0 radical (unpaired) electrons. The van der Waals surface area contributed by atoms with Crippen LogP contribution in [-0.2, 0) is 6.54 Å². The van der Waals surface area contributed by atoms with Gasteiger partial charge in [-0.3, -0.25) is 5.10 Å². The number of hydrogen-bond donors (Lipinski definition) is 3. The van der Waals surface area contributed by atoms with Gasteiger partial charge in [0, 0.05) is 16.6 Å². The van der Waals surface area contributed by atoms with Crippen LogP contribution >= 0.6 is 0 Å². The van der Waals surface area contributed by atoms with Gasteiger partial charge in [0.1, 0.15) is 11.6 Å². The quantitative estimate of drug-likeness (QED) is 0.695. The van der Waals surface area contributed by atoms with Crippen LogP contribution in [0.5, 0.6) is 0 Å². The molecule has 2 amide bonds. The van der Waals surface area contributed by atoms with Crippen LogP contribution in [0.2, 0.25) is 0 Å². The Morgan fingerprint density at radius 3 is 2.73 bits per heavy atom. The largest absolute Gasteiger partial charge is 0.334 e. The van der Waals surface area contributed by atoms with Gasteiger partial charge in [-0.2, -0.15) is 5.10 Å². The molecule has 1 heterocycles. The molecule has 0 aliphatic rings. The maximum Gasteiger partial charge on any atom is 0.319 e. The Balaban J connectivity index is 1.65. The van der Waals surface area contributed by atoms with Crippen molar-refractivity contribution in [3.63, 3.8) is 0 Å². The van der Waals surface area contributed by atoms with E-state index in [1.807, 2.05) is 0 Å². The molecule has 0 spiro atoms. The first-order valence-electron chi connectivity index (χ1n) is 6.54. The van der Waals surface area contributed by atoms with Gasteiger partial charge in [-0.25, -0.2) is 13.6 Å². The summed E-state index contributed by atoms with van der Waals surface area (Å²) in [7, 11) is 0. The summed E-state index contributed by atoms with van der Waals surface area (Å²) in [6, 6.07) is 8.22. The van der Waals surface area contributed by atoms with Crippen LogP contribution in [0, 0.1) is 11.6 Å².